The number of pyridine rings is 1. The van der Waals surface area contributed by atoms with Crippen LogP contribution < -0.4 is 11.2 Å². The van der Waals surface area contributed by atoms with E-state index < -0.39 is 0 Å². The zero-order valence-corrected chi connectivity index (χ0v) is 6.82. The first-order valence-electron chi connectivity index (χ1n) is 3.83. The number of hydrogen-bond acceptors (Lipinski definition) is 4. The fourth-order valence-corrected chi connectivity index (χ4v) is 1.29. The van der Waals surface area contributed by atoms with Gasteiger partial charge >= 0.3 is 0 Å². The number of hydrogen-bond donors (Lipinski definition) is 2. The van der Waals surface area contributed by atoms with Gasteiger partial charge in [0.25, 0.3) is 0 Å². The molecule has 0 aliphatic rings. The zero-order chi connectivity index (χ0) is 9.26. The van der Waals surface area contributed by atoms with Crippen molar-refractivity contribution in [1.29, 1.82) is 0 Å². The van der Waals surface area contributed by atoms with E-state index in [1.165, 1.54) is 0 Å². The van der Waals surface area contributed by atoms with Gasteiger partial charge in [-0.15, -0.1) is 0 Å². The highest BCUT2D eigenvalue weighted by Crippen LogP contribution is 2.24. The van der Waals surface area contributed by atoms with Gasteiger partial charge in [0, 0.05) is 17.3 Å². The third kappa shape index (κ3) is 1.27. The number of nitrogens with two attached hydrogens (primary N) is 1. The molecule has 0 aliphatic heterocycles. The van der Waals surface area contributed by atoms with Crippen LogP contribution in [0.3, 0.4) is 0 Å². The van der Waals surface area contributed by atoms with Crippen molar-refractivity contribution in [2.24, 2.45) is 0 Å². The lowest BCUT2D eigenvalue weighted by Gasteiger charge is -2.12. The number of benzene rings is 1. The van der Waals surface area contributed by atoms with Crippen LogP contribution in [0.2, 0.25) is 0 Å². The Kier molecular flexibility index (Phi) is 1.75. The van der Waals surface area contributed by atoms with Gasteiger partial charge in [-0.1, -0.05) is 6.07 Å². The van der Waals surface area contributed by atoms with Crippen LogP contribution in [0.5, 0.6) is 0 Å². The average molecular weight is 174 g/mol. The number of anilines is 2. The van der Waals surface area contributed by atoms with E-state index in [-0.39, 0.29) is 0 Å². The first-order chi connectivity index (χ1) is 6.31. The summed E-state index contributed by atoms with van der Waals surface area (Å²) in [6.45, 7) is 0. The van der Waals surface area contributed by atoms with Crippen LogP contribution in [0.25, 0.3) is 10.9 Å². The van der Waals surface area contributed by atoms with Gasteiger partial charge in [-0.2, -0.15) is 0 Å². The normalized spacial score (nSPS) is 10.2. The van der Waals surface area contributed by atoms with Crippen molar-refractivity contribution in [2.45, 2.75) is 0 Å². The maximum Gasteiger partial charge on any atom is 0.0926 e. The van der Waals surface area contributed by atoms with Gasteiger partial charge in [-0.05, 0) is 18.2 Å². The van der Waals surface area contributed by atoms with Crippen LogP contribution in [0.15, 0.2) is 30.5 Å². The number of nitrogens with one attached hydrogen (secondary N) is 1. The minimum Gasteiger partial charge on any atom is -0.761 e. The maximum atomic E-state index is 10.6. The molecule has 66 valence electrons. The molecule has 0 unspecified atom stereocenters. The van der Waals surface area contributed by atoms with E-state index in [0.29, 0.717) is 16.9 Å². The Balaban J connectivity index is 2.81. The number of nitrogens with zero attached hydrogens (tertiary/aromatic N) is 1. The van der Waals surface area contributed by atoms with Gasteiger partial charge in [0.1, 0.15) is 0 Å². The van der Waals surface area contributed by atoms with Crippen molar-refractivity contribution < 1.29 is 0 Å². The summed E-state index contributed by atoms with van der Waals surface area (Å²) in [5.41, 5.74) is 9.02. The van der Waals surface area contributed by atoms with Gasteiger partial charge in [-0.25, -0.2) is 0 Å². The highest BCUT2D eigenvalue weighted by Gasteiger charge is 1.99. The first-order valence-corrected chi connectivity index (χ1v) is 3.83. The second kappa shape index (κ2) is 2.91. The predicted molar refractivity (Wildman–Crippen MR) is 53.1 cm³/mol. The maximum absolute atomic E-state index is 10.6. The van der Waals surface area contributed by atoms with Gasteiger partial charge < -0.3 is 16.4 Å². The summed E-state index contributed by atoms with van der Waals surface area (Å²) < 4.78 is 0. The fourth-order valence-electron chi connectivity index (χ4n) is 1.29. The second-order valence-electron chi connectivity index (χ2n) is 2.75. The van der Waals surface area contributed by atoms with Gasteiger partial charge in [0.2, 0.25) is 0 Å². The molecule has 2 rings (SSSR count). The lowest BCUT2D eigenvalue weighted by molar-refractivity contribution is 1.41. The lowest BCUT2D eigenvalue weighted by atomic mass is 10.2. The van der Waals surface area contributed by atoms with Crippen molar-refractivity contribution in [3.05, 3.63) is 35.7 Å². The molecule has 3 N–H and O–H groups in total. The van der Waals surface area contributed by atoms with Gasteiger partial charge in [0.05, 0.1) is 11.2 Å². The topological polar surface area (TPSA) is 74.0 Å². The van der Waals surface area contributed by atoms with E-state index in [1.54, 1.807) is 24.4 Å². The third-order valence-electron chi connectivity index (χ3n) is 1.84. The first kappa shape index (κ1) is 7.82. The molecule has 4 nitrogen and oxygen atoms in total. The van der Waals surface area contributed by atoms with Crippen molar-refractivity contribution in [3.63, 3.8) is 0 Å². The molecule has 0 aliphatic carbocycles. The molecule has 0 saturated heterocycles. The average Bonchev–Trinajstić information content (AvgIpc) is 2.16. The predicted octanol–water partition coefficient (Wildman–Crippen LogP) is 1.73. The molecular weight excluding hydrogens is 166 g/mol. The minimum atomic E-state index is 0.413. The molecule has 0 spiro atoms. The molecule has 0 amide bonds. The highest BCUT2D eigenvalue weighted by atomic mass is 16.5. The monoisotopic (exact) mass is 174 g/mol. The zero-order valence-electron chi connectivity index (χ0n) is 6.82. The molecule has 4 heteroatoms. The molecule has 0 radical (unpaired) electrons. The Morgan fingerprint density at radius 2 is 2.23 bits per heavy atom. The molecule has 0 atom stereocenters. The second-order valence-corrected chi connectivity index (χ2v) is 2.75. The van der Waals surface area contributed by atoms with Crippen LogP contribution in [-0.4, -0.2) is 4.98 Å². The lowest BCUT2D eigenvalue weighted by Crippen LogP contribution is -1.92. The molecule has 2 aromatic rings. The summed E-state index contributed by atoms with van der Waals surface area (Å²) in [4.78, 5) is 4.08. The van der Waals surface area contributed by atoms with E-state index in [0.717, 1.165) is 5.39 Å². The molecule has 0 saturated carbocycles. The number of fused-ring (bicyclic) bond motifs is 1. The summed E-state index contributed by atoms with van der Waals surface area (Å²) in [6.07, 6.45) is 1.64. The van der Waals surface area contributed by atoms with Crippen LogP contribution in [-0.2, 0) is 0 Å². The Labute approximate surface area is 75.0 Å². The van der Waals surface area contributed by atoms with E-state index in [9.17, 15) is 5.21 Å². The molecule has 1 heterocycles. The molecule has 0 bridgehead atoms. The molecule has 1 aromatic heterocycles. The summed E-state index contributed by atoms with van der Waals surface area (Å²) in [7, 11) is 0. The van der Waals surface area contributed by atoms with Crippen molar-refractivity contribution >= 4 is 22.3 Å². The van der Waals surface area contributed by atoms with Crippen molar-refractivity contribution in [2.75, 3.05) is 11.2 Å². The smallest absolute Gasteiger partial charge is 0.0926 e. The highest BCUT2D eigenvalue weighted by molar-refractivity contribution is 5.93. The fraction of sp³-hybridized carbons (Fsp3) is 0. The van der Waals surface area contributed by atoms with E-state index in [1.807, 2.05) is 11.5 Å². The van der Waals surface area contributed by atoms with Crippen molar-refractivity contribution in [3.8, 4) is 0 Å². The standard InChI is InChI=1S/C9H8N3O/c10-7-4-6-2-1-3-11-9(6)8(5-7)12-13/h1-5,12H,10H2/q-1. The summed E-state index contributed by atoms with van der Waals surface area (Å²) >= 11 is 0. The minimum absolute atomic E-state index is 0.413. The van der Waals surface area contributed by atoms with Gasteiger partial charge in [0.15, 0.2) is 0 Å². The van der Waals surface area contributed by atoms with Crippen LogP contribution in [0.4, 0.5) is 11.4 Å². The number of rotatable bonds is 1. The quantitative estimate of drug-likeness (QED) is 0.510. The van der Waals surface area contributed by atoms with Gasteiger partial charge in [-0.3, -0.25) is 4.98 Å². The Morgan fingerprint density at radius 3 is 3.00 bits per heavy atom. The summed E-state index contributed by atoms with van der Waals surface area (Å²) in [6, 6.07) is 7.02. The van der Waals surface area contributed by atoms with Crippen LogP contribution in [0, 0.1) is 5.21 Å². The van der Waals surface area contributed by atoms with Crippen LogP contribution >= 0.6 is 0 Å². The van der Waals surface area contributed by atoms with E-state index in [2.05, 4.69) is 4.98 Å². The third-order valence-corrected chi connectivity index (χ3v) is 1.84. The molecule has 1 aromatic carbocycles. The summed E-state index contributed by atoms with van der Waals surface area (Å²) in [5.74, 6) is 0. The number of nitrogen functional groups attached to an aromatic ring is 1. The Morgan fingerprint density at radius 1 is 1.38 bits per heavy atom. The largest absolute Gasteiger partial charge is 0.761 e. The molecule has 0 fully saturated rings. The summed E-state index contributed by atoms with van der Waals surface area (Å²) in [5, 5.41) is 11.4. The Hall–Kier alpha value is -1.81. The van der Waals surface area contributed by atoms with Crippen molar-refractivity contribution in [1.82, 2.24) is 4.98 Å². The van der Waals surface area contributed by atoms with E-state index >= 15 is 0 Å². The Bertz CT molecular complexity index is 442. The molecule has 13 heavy (non-hydrogen) atoms. The number of aromatic nitrogens is 1. The van der Waals surface area contributed by atoms with E-state index in [4.69, 9.17) is 5.73 Å². The SMILES string of the molecule is Nc1cc(N[O-])c2ncccc2c1. The van der Waals surface area contributed by atoms with Crippen LogP contribution in [0.1, 0.15) is 0 Å². The molecular formula is C9H8N3O-.